The molecule has 0 atom stereocenters. The van der Waals surface area contributed by atoms with Crippen molar-refractivity contribution < 1.29 is 19.7 Å². The van der Waals surface area contributed by atoms with Crippen LogP contribution in [0.1, 0.15) is 16.1 Å². The van der Waals surface area contributed by atoms with Gasteiger partial charge in [0.25, 0.3) is 5.91 Å². The van der Waals surface area contributed by atoms with Gasteiger partial charge in [-0.15, -0.1) is 0 Å². The van der Waals surface area contributed by atoms with E-state index in [1.807, 2.05) is 12.1 Å². The van der Waals surface area contributed by atoms with E-state index in [1.165, 1.54) is 24.4 Å². The van der Waals surface area contributed by atoms with E-state index in [9.17, 15) is 15.0 Å². The van der Waals surface area contributed by atoms with Crippen molar-refractivity contribution in [1.29, 1.82) is 0 Å². The van der Waals surface area contributed by atoms with Crippen LogP contribution < -0.4 is 10.2 Å². The predicted molar refractivity (Wildman–Crippen MR) is 95.4 cm³/mol. The normalized spacial score (nSPS) is 10.8. The number of phenolic OH excluding ortho intramolecular Hbond substituents is 2. The highest BCUT2D eigenvalue weighted by Gasteiger charge is 2.10. The molecule has 1 aromatic heterocycles. The molecule has 0 unspecified atom stereocenters. The first-order valence-corrected chi connectivity index (χ1v) is 7.61. The van der Waals surface area contributed by atoms with Gasteiger partial charge in [-0.05, 0) is 42.5 Å². The van der Waals surface area contributed by atoms with Crippen molar-refractivity contribution in [1.82, 2.24) is 15.6 Å². The largest absolute Gasteiger partial charge is 0.508 e. The Labute approximate surface area is 148 Å². The summed E-state index contributed by atoms with van der Waals surface area (Å²) in [6.45, 7) is 0. The van der Waals surface area contributed by atoms with Crippen molar-refractivity contribution in [3.8, 4) is 28.5 Å². The van der Waals surface area contributed by atoms with E-state index in [0.717, 1.165) is 11.3 Å². The first kappa shape index (κ1) is 17.0. The van der Waals surface area contributed by atoms with E-state index in [-0.39, 0.29) is 17.2 Å². The predicted octanol–water partition coefficient (Wildman–Crippen LogP) is 2.26. The maximum Gasteiger partial charge on any atom is 0.289 e. The number of hydrogen-bond acceptors (Lipinski definition) is 6. The summed E-state index contributed by atoms with van der Waals surface area (Å²) in [4.78, 5) is 12.1. The fraction of sp³-hybridized carbons (Fsp3) is 0.0556. The third kappa shape index (κ3) is 3.99. The van der Waals surface area contributed by atoms with Crippen LogP contribution in [0.5, 0.6) is 17.2 Å². The number of phenols is 2. The number of carbonyl (C=O) groups is 1. The maximum absolute atomic E-state index is 12.1. The number of aromatic amines is 1. The number of ether oxygens (including phenoxy) is 1. The summed E-state index contributed by atoms with van der Waals surface area (Å²) in [6, 6.07) is 12.9. The Hall–Kier alpha value is -3.81. The van der Waals surface area contributed by atoms with Crippen LogP contribution >= 0.6 is 0 Å². The molecule has 0 aliphatic heterocycles. The summed E-state index contributed by atoms with van der Waals surface area (Å²) in [7, 11) is 1.59. The molecule has 0 radical (unpaired) electrons. The minimum atomic E-state index is -0.474. The molecule has 1 amide bonds. The quantitative estimate of drug-likeness (QED) is 0.415. The summed E-state index contributed by atoms with van der Waals surface area (Å²) >= 11 is 0. The number of benzene rings is 2. The molecule has 3 rings (SSSR count). The SMILES string of the molecule is COc1ccc(-c2cc(C(=O)N/N=C/c3cc(O)cc(O)c3)[nH]n2)cc1. The molecule has 0 spiro atoms. The second-order valence-corrected chi connectivity index (χ2v) is 5.38. The van der Waals surface area contributed by atoms with Crippen molar-refractivity contribution >= 4 is 12.1 Å². The fourth-order valence-electron chi connectivity index (χ4n) is 2.27. The van der Waals surface area contributed by atoms with Crippen LogP contribution in [0.4, 0.5) is 0 Å². The first-order valence-electron chi connectivity index (χ1n) is 7.61. The molecule has 0 saturated carbocycles. The number of aromatic hydroxyl groups is 2. The van der Waals surface area contributed by atoms with Crippen LogP contribution in [0.15, 0.2) is 53.6 Å². The Morgan fingerprint density at radius 1 is 1.15 bits per heavy atom. The molecule has 8 heteroatoms. The molecule has 0 bridgehead atoms. The highest BCUT2D eigenvalue weighted by molar-refractivity contribution is 5.94. The number of methoxy groups -OCH3 is 1. The lowest BCUT2D eigenvalue weighted by Gasteiger charge is -2.00. The van der Waals surface area contributed by atoms with Gasteiger partial charge in [0.15, 0.2) is 0 Å². The lowest BCUT2D eigenvalue weighted by atomic mass is 10.1. The van der Waals surface area contributed by atoms with Gasteiger partial charge in [-0.3, -0.25) is 9.89 Å². The first-order chi connectivity index (χ1) is 12.5. The molecule has 3 aromatic rings. The zero-order valence-electron chi connectivity index (χ0n) is 13.8. The van der Waals surface area contributed by atoms with Crippen molar-refractivity contribution in [3.05, 3.63) is 59.8 Å². The highest BCUT2D eigenvalue weighted by atomic mass is 16.5. The Morgan fingerprint density at radius 2 is 1.85 bits per heavy atom. The molecular weight excluding hydrogens is 336 g/mol. The van der Waals surface area contributed by atoms with Gasteiger partial charge in [-0.1, -0.05) is 0 Å². The molecule has 4 N–H and O–H groups in total. The average molecular weight is 352 g/mol. The number of aromatic nitrogens is 2. The maximum atomic E-state index is 12.1. The van der Waals surface area contributed by atoms with E-state index < -0.39 is 5.91 Å². The molecule has 8 nitrogen and oxygen atoms in total. The molecule has 1 heterocycles. The van der Waals surface area contributed by atoms with E-state index in [0.29, 0.717) is 11.3 Å². The fourth-order valence-corrected chi connectivity index (χ4v) is 2.27. The third-order valence-electron chi connectivity index (χ3n) is 3.51. The van der Waals surface area contributed by atoms with Crippen LogP contribution in [-0.4, -0.2) is 39.6 Å². The Morgan fingerprint density at radius 3 is 2.50 bits per heavy atom. The molecule has 0 saturated heterocycles. The molecule has 0 aliphatic rings. The Bertz CT molecular complexity index is 928. The molecule has 26 heavy (non-hydrogen) atoms. The number of nitrogens with zero attached hydrogens (tertiary/aromatic N) is 2. The second kappa shape index (κ2) is 7.39. The number of rotatable bonds is 5. The summed E-state index contributed by atoms with van der Waals surface area (Å²) < 4.78 is 5.10. The number of nitrogens with one attached hydrogen (secondary N) is 2. The van der Waals surface area contributed by atoms with Gasteiger partial charge in [-0.2, -0.15) is 10.2 Å². The Balaban J connectivity index is 1.66. The summed E-state index contributed by atoms with van der Waals surface area (Å²) in [6.07, 6.45) is 1.30. The lowest BCUT2D eigenvalue weighted by Crippen LogP contribution is -2.17. The minimum absolute atomic E-state index is 0.101. The standard InChI is InChI=1S/C18H16N4O4/c1-26-15-4-2-12(3-5-15)16-9-17(21-20-16)18(25)22-19-10-11-6-13(23)8-14(24)7-11/h2-10,23-24H,1H3,(H,20,21)(H,22,25)/b19-10+. The minimum Gasteiger partial charge on any atom is -0.508 e. The zero-order chi connectivity index (χ0) is 18.5. The van der Waals surface area contributed by atoms with Crippen LogP contribution in [-0.2, 0) is 0 Å². The molecule has 0 fully saturated rings. The van der Waals surface area contributed by atoms with Gasteiger partial charge in [0, 0.05) is 17.2 Å². The summed E-state index contributed by atoms with van der Waals surface area (Å²) in [5.41, 5.74) is 4.47. The lowest BCUT2D eigenvalue weighted by molar-refractivity contribution is 0.0950. The van der Waals surface area contributed by atoms with Gasteiger partial charge in [0.1, 0.15) is 22.9 Å². The van der Waals surface area contributed by atoms with Crippen LogP contribution in [0.2, 0.25) is 0 Å². The van der Waals surface area contributed by atoms with E-state index >= 15 is 0 Å². The monoisotopic (exact) mass is 352 g/mol. The number of amides is 1. The number of hydrazone groups is 1. The number of hydrogen-bond donors (Lipinski definition) is 4. The smallest absolute Gasteiger partial charge is 0.289 e. The summed E-state index contributed by atoms with van der Waals surface area (Å²) in [5, 5.41) is 29.3. The Kier molecular flexibility index (Phi) is 4.84. The topological polar surface area (TPSA) is 120 Å². The van der Waals surface area contributed by atoms with Crippen molar-refractivity contribution in [2.45, 2.75) is 0 Å². The van der Waals surface area contributed by atoms with Crippen LogP contribution in [0, 0.1) is 0 Å². The second-order valence-electron chi connectivity index (χ2n) is 5.38. The van der Waals surface area contributed by atoms with Gasteiger partial charge >= 0.3 is 0 Å². The molecule has 0 aliphatic carbocycles. The molecule has 132 valence electrons. The van der Waals surface area contributed by atoms with Crippen LogP contribution in [0.25, 0.3) is 11.3 Å². The molecular formula is C18H16N4O4. The number of carbonyl (C=O) groups excluding carboxylic acids is 1. The average Bonchev–Trinajstić information content (AvgIpc) is 3.11. The van der Waals surface area contributed by atoms with Crippen molar-refractivity contribution in [2.75, 3.05) is 7.11 Å². The van der Waals surface area contributed by atoms with E-state index in [1.54, 1.807) is 25.3 Å². The van der Waals surface area contributed by atoms with Crippen LogP contribution in [0.3, 0.4) is 0 Å². The van der Waals surface area contributed by atoms with E-state index in [2.05, 4.69) is 20.7 Å². The highest BCUT2D eigenvalue weighted by Crippen LogP contribution is 2.21. The van der Waals surface area contributed by atoms with Gasteiger partial charge < -0.3 is 14.9 Å². The van der Waals surface area contributed by atoms with Crippen molar-refractivity contribution in [2.24, 2.45) is 5.10 Å². The number of H-pyrrole nitrogens is 1. The third-order valence-corrected chi connectivity index (χ3v) is 3.51. The van der Waals surface area contributed by atoms with Gasteiger partial charge in [-0.25, -0.2) is 5.43 Å². The van der Waals surface area contributed by atoms with Gasteiger partial charge in [0.05, 0.1) is 19.0 Å². The van der Waals surface area contributed by atoms with Gasteiger partial charge in [0.2, 0.25) is 0 Å². The van der Waals surface area contributed by atoms with E-state index in [4.69, 9.17) is 4.74 Å². The zero-order valence-corrected chi connectivity index (χ0v) is 13.8. The molecule has 2 aromatic carbocycles. The van der Waals surface area contributed by atoms with Crippen molar-refractivity contribution in [3.63, 3.8) is 0 Å². The summed E-state index contributed by atoms with van der Waals surface area (Å²) in [5.74, 6) is 0.0541.